The third-order valence-corrected chi connectivity index (χ3v) is 4.87. The third-order valence-electron chi connectivity index (χ3n) is 4.57. The van der Waals surface area contributed by atoms with Crippen LogP contribution in [-0.2, 0) is 11.7 Å². The Kier molecular flexibility index (Phi) is 5.39. The fourth-order valence-electron chi connectivity index (χ4n) is 3.24. The first-order valence-corrected chi connectivity index (χ1v) is 8.57. The molecule has 0 aromatic carbocycles. The van der Waals surface area contributed by atoms with Crippen LogP contribution in [-0.4, -0.2) is 24.9 Å². The molecule has 1 fully saturated rings. The SMILES string of the molecule is Cl.NC1(c2noc(-c3cnn(-c4ncccc4Cl)c3C(F)(F)F)n2)CCCC1. The normalized spacial score (nSPS) is 16.2. The van der Waals surface area contributed by atoms with Crippen molar-refractivity contribution in [2.24, 2.45) is 5.73 Å². The van der Waals surface area contributed by atoms with Crippen molar-refractivity contribution in [3.63, 3.8) is 0 Å². The largest absolute Gasteiger partial charge is 0.434 e. The van der Waals surface area contributed by atoms with Gasteiger partial charge in [0.15, 0.2) is 17.3 Å². The molecular formula is C16H15Cl2F3N6O. The van der Waals surface area contributed by atoms with Crippen molar-refractivity contribution in [1.29, 1.82) is 0 Å². The lowest BCUT2D eigenvalue weighted by molar-refractivity contribution is -0.142. The van der Waals surface area contributed by atoms with Gasteiger partial charge in [0.2, 0.25) is 0 Å². The molecule has 4 rings (SSSR count). The molecule has 0 saturated heterocycles. The highest BCUT2D eigenvalue weighted by molar-refractivity contribution is 6.32. The van der Waals surface area contributed by atoms with Gasteiger partial charge in [-0.05, 0) is 25.0 Å². The van der Waals surface area contributed by atoms with Gasteiger partial charge in [-0.15, -0.1) is 12.4 Å². The van der Waals surface area contributed by atoms with Crippen molar-refractivity contribution in [2.75, 3.05) is 0 Å². The van der Waals surface area contributed by atoms with Crippen molar-refractivity contribution in [3.05, 3.63) is 41.1 Å². The van der Waals surface area contributed by atoms with E-state index in [-0.39, 0.29) is 40.5 Å². The Morgan fingerprint density at radius 1 is 1.25 bits per heavy atom. The average Bonchev–Trinajstić information content (AvgIpc) is 3.33. The van der Waals surface area contributed by atoms with Gasteiger partial charge in [0, 0.05) is 6.20 Å². The second kappa shape index (κ2) is 7.34. The zero-order chi connectivity index (χ0) is 19.2. The number of rotatable bonds is 3. The number of hydrogen-bond acceptors (Lipinski definition) is 6. The van der Waals surface area contributed by atoms with E-state index in [9.17, 15) is 13.2 Å². The first-order chi connectivity index (χ1) is 12.8. The topological polar surface area (TPSA) is 95.7 Å². The Balaban J connectivity index is 0.00000225. The summed E-state index contributed by atoms with van der Waals surface area (Å²) in [7, 11) is 0. The molecule has 7 nitrogen and oxygen atoms in total. The number of hydrogen-bond donors (Lipinski definition) is 1. The van der Waals surface area contributed by atoms with Crippen molar-refractivity contribution in [2.45, 2.75) is 37.4 Å². The maximum absolute atomic E-state index is 13.8. The van der Waals surface area contributed by atoms with E-state index in [0.717, 1.165) is 19.0 Å². The Morgan fingerprint density at radius 2 is 1.96 bits per heavy atom. The van der Waals surface area contributed by atoms with Crippen molar-refractivity contribution >= 4 is 24.0 Å². The highest BCUT2D eigenvalue weighted by atomic mass is 35.5. The lowest BCUT2D eigenvalue weighted by Crippen LogP contribution is -2.34. The quantitative estimate of drug-likeness (QED) is 0.665. The van der Waals surface area contributed by atoms with Gasteiger partial charge in [0.05, 0.1) is 22.3 Å². The van der Waals surface area contributed by atoms with Gasteiger partial charge in [-0.25, -0.2) is 9.67 Å². The second-order valence-electron chi connectivity index (χ2n) is 6.41. The predicted molar refractivity (Wildman–Crippen MR) is 96.2 cm³/mol. The van der Waals surface area contributed by atoms with Crippen molar-refractivity contribution in [1.82, 2.24) is 24.9 Å². The first kappa shape index (κ1) is 20.6. The zero-order valence-electron chi connectivity index (χ0n) is 14.3. The van der Waals surface area contributed by atoms with Crippen LogP contribution in [0, 0.1) is 0 Å². The Labute approximate surface area is 168 Å². The monoisotopic (exact) mass is 434 g/mol. The summed E-state index contributed by atoms with van der Waals surface area (Å²) >= 11 is 5.99. The smallest absolute Gasteiger partial charge is 0.334 e. The highest BCUT2D eigenvalue weighted by Gasteiger charge is 2.42. The molecule has 0 unspecified atom stereocenters. The lowest BCUT2D eigenvalue weighted by Gasteiger charge is -2.17. The Morgan fingerprint density at radius 3 is 2.61 bits per heavy atom. The molecule has 0 amide bonds. The summed E-state index contributed by atoms with van der Waals surface area (Å²) in [5, 5.41) is 7.64. The number of halogens is 5. The van der Waals surface area contributed by atoms with E-state index in [4.69, 9.17) is 21.9 Å². The molecular weight excluding hydrogens is 420 g/mol. The van der Waals surface area contributed by atoms with Crippen LogP contribution >= 0.6 is 24.0 Å². The summed E-state index contributed by atoms with van der Waals surface area (Å²) in [5.74, 6) is -0.248. The molecule has 0 bridgehead atoms. The molecule has 3 aromatic rings. The van der Waals surface area contributed by atoms with Crippen LogP contribution in [0.3, 0.4) is 0 Å². The molecule has 0 radical (unpaired) electrons. The summed E-state index contributed by atoms with van der Waals surface area (Å²) < 4.78 is 47.1. The van der Waals surface area contributed by atoms with Crippen LogP contribution in [0.15, 0.2) is 29.0 Å². The van der Waals surface area contributed by atoms with E-state index >= 15 is 0 Å². The van der Waals surface area contributed by atoms with E-state index in [2.05, 4.69) is 20.2 Å². The molecule has 0 atom stereocenters. The standard InChI is InChI=1S/C16H14ClF3N6O.ClH/c17-10-4-3-7-22-12(10)26-11(16(18,19)20)9(8-23-26)13-24-14(25-27-13)15(21)5-1-2-6-15;/h3-4,7-8H,1-2,5-6,21H2;1H. The molecule has 1 aliphatic carbocycles. The molecule has 0 aliphatic heterocycles. The zero-order valence-corrected chi connectivity index (χ0v) is 15.9. The number of alkyl halides is 3. The number of pyridine rings is 1. The summed E-state index contributed by atoms with van der Waals surface area (Å²) in [6, 6.07) is 2.94. The van der Waals surface area contributed by atoms with Crippen molar-refractivity contribution < 1.29 is 17.7 Å². The van der Waals surface area contributed by atoms with Crippen molar-refractivity contribution in [3.8, 4) is 17.3 Å². The van der Waals surface area contributed by atoms with E-state index in [1.807, 2.05) is 0 Å². The third kappa shape index (κ3) is 3.47. The van der Waals surface area contributed by atoms with Crippen LogP contribution in [0.1, 0.15) is 37.2 Å². The number of aromatic nitrogens is 5. The van der Waals surface area contributed by atoms with E-state index in [1.165, 1.54) is 18.3 Å². The Hall–Kier alpha value is -2.17. The van der Waals surface area contributed by atoms with Crippen LogP contribution in [0.5, 0.6) is 0 Å². The Bertz CT molecular complexity index is 981. The van der Waals surface area contributed by atoms with Gasteiger partial charge in [0.25, 0.3) is 5.89 Å². The number of nitrogens with zero attached hydrogens (tertiary/aromatic N) is 5. The summed E-state index contributed by atoms with van der Waals surface area (Å²) in [6.45, 7) is 0. The second-order valence-corrected chi connectivity index (χ2v) is 6.82. The van der Waals surface area contributed by atoms with Crippen LogP contribution in [0.4, 0.5) is 13.2 Å². The molecule has 0 spiro atoms. The molecule has 1 saturated carbocycles. The van der Waals surface area contributed by atoms with Gasteiger partial charge in [-0.2, -0.15) is 23.3 Å². The minimum atomic E-state index is -4.75. The lowest BCUT2D eigenvalue weighted by atomic mass is 9.99. The van der Waals surface area contributed by atoms with Gasteiger partial charge >= 0.3 is 6.18 Å². The van der Waals surface area contributed by atoms with Crippen LogP contribution in [0.2, 0.25) is 5.02 Å². The van der Waals surface area contributed by atoms with Gasteiger partial charge in [0.1, 0.15) is 0 Å². The minimum Gasteiger partial charge on any atom is -0.334 e. The fraction of sp³-hybridized carbons (Fsp3) is 0.375. The predicted octanol–water partition coefficient (Wildman–Crippen LogP) is 4.14. The first-order valence-electron chi connectivity index (χ1n) is 8.19. The molecule has 3 heterocycles. The summed E-state index contributed by atoms with van der Waals surface area (Å²) in [4.78, 5) is 8.02. The van der Waals surface area contributed by atoms with Crippen LogP contribution in [0.25, 0.3) is 17.3 Å². The molecule has 28 heavy (non-hydrogen) atoms. The summed E-state index contributed by atoms with van der Waals surface area (Å²) in [6.07, 6.45) is 0.695. The summed E-state index contributed by atoms with van der Waals surface area (Å²) in [5.41, 5.74) is 4.02. The maximum Gasteiger partial charge on any atom is 0.434 e. The van der Waals surface area contributed by atoms with E-state index in [0.29, 0.717) is 17.5 Å². The molecule has 1 aliphatic rings. The fourth-order valence-corrected chi connectivity index (χ4v) is 3.44. The van der Waals surface area contributed by atoms with Crippen LogP contribution < -0.4 is 5.73 Å². The average molecular weight is 435 g/mol. The maximum atomic E-state index is 13.8. The van der Waals surface area contributed by atoms with Gasteiger partial charge < -0.3 is 10.3 Å². The highest BCUT2D eigenvalue weighted by Crippen LogP contribution is 2.40. The number of nitrogens with two attached hydrogens (primary N) is 1. The van der Waals surface area contributed by atoms with Gasteiger partial charge in [-0.1, -0.05) is 29.6 Å². The minimum absolute atomic E-state index is 0. The van der Waals surface area contributed by atoms with E-state index < -0.39 is 17.4 Å². The van der Waals surface area contributed by atoms with Gasteiger partial charge in [-0.3, -0.25) is 0 Å². The molecule has 2 N–H and O–H groups in total. The molecule has 12 heteroatoms. The van der Waals surface area contributed by atoms with E-state index in [1.54, 1.807) is 0 Å². The molecule has 150 valence electrons. The molecule has 3 aromatic heterocycles.